The lowest BCUT2D eigenvalue weighted by atomic mass is 10.0. The Balaban J connectivity index is 1.52. The minimum Gasteiger partial charge on any atom is -0.446 e. The molecule has 0 saturated carbocycles. The SMILES string of the molecule is CC(C)C[C@@H]1NC(=O)[C@H]([C@@H](C)O)NC(=O)[C@@H](NC(=O)c2csc(Cc3ccccc3)n2)CCCCNC(=O)c2coc1n2. The molecule has 3 heterocycles. The van der Waals surface area contributed by atoms with Gasteiger partial charge < -0.3 is 30.8 Å². The van der Waals surface area contributed by atoms with Gasteiger partial charge in [-0.1, -0.05) is 44.2 Å². The molecule has 4 amide bonds. The summed E-state index contributed by atoms with van der Waals surface area (Å²) >= 11 is 1.35. The summed E-state index contributed by atoms with van der Waals surface area (Å²) < 4.78 is 5.54. The third-order valence-electron chi connectivity index (χ3n) is 6.95. The Bertz CT molecular complexity index is 1400. The lowest BCUT2D eigenvalue weighted by molar-refractivity contribution is -0.133. The van der Waals surface area contributed by atoms with Crippen LogP contribution in [0.5, 0.6) is 0 Å². The fourth-order valence-electron chi connectivity index (χ4n) is 4.70. The molecule has 0 fully saturated rings. The van der Waals surface area contributed by atoms with E-state index in [1.165, 1.54) is 24.5 Å². The highest BCUT2D eigenvalue weighted by atomic mass is 32.1. The fraction of sp³-hybridized carbons (Fsp3) is 0.467. The molecular formula is C30H38N6O6S. The monoisotopic (exact) mass is 610 g/mol. The summed E-state index contributed by atoms with van der Waals surface area (Å²) in [5.74, 6) is -1.94. The van der Waals surface area contributed by atoms with Crippen LogP contribution in [0.25, 0.3) is 0 Å². The Hall–Kier alpha value is -4.10. The first-order valence-electron chi connectivity index (χ1n) is 14.4. The maximum atomic E-state index is 13.5. The average Bonchev–Trinajstić information content (AvgIpc) is 3.65. The molecule has 1 aromatic carbocycles. The third-order valence-corrected chi connectivity index (χ3v) is 7.80. The molecule has 230 valence electrons. The molecular weight excluding hydrogens is 572 g/mol. The zero-order chi connectivity index (χ0) is 30.9. The zero-order valence-electron chi connectivity index (χ0n) is 24.5. The van der Waals surface area contributed by atoms with Gasteiger partial charge in [-0.05, 0) is 44.1 Å². The molecule has 0 aliphatic carbocycles. The maximum absolute atomic E-state index is 13.5. The number of rotatable bonds is 7. The van der Waals surface area contributed by atoms with Crippen LogP contribution in [-0.4, -0.2) is 63.4 Å². The molecule has 4 atom stereocenters. The number of fused-ring (bicyclic) bond motifs is 2. The van der Waals surface area contributed by atoms with E-state index in [2.05, 4.69) is 31.2 Å². The summed E-state index contributed by atoms with van der Waals surface area (Å²) in [5.41, 5.74) is 1.34. The number of hydrogen-bond donors (Lipinski definition) is 5. The highest BCUT2D eigenvalue weighted by molar-refractivity contribution is 7.09. The van der Waals surface area contributed by atoms with Gasteiger partial charge in [0.2, 0.25) is 17.7 Å². The third kappa shape index (κ3) is 8.94. The number of oxazole rings is 1. The average molecular weight is 611 g/mol. The van der Waals surface area contributed by atoms with Crippen LogP contribution in [-0.2, 0) is 16.0 Å². The van der Waals surface area contributed by atoms with Gasteiger partial charge in [0.05, 0.1) is 11.1 Å². The van der Waals surface area contributed by atoms with E-state index in [1.54, 1.807) is 5.38 Å². The highest BCUT2D eigenvalue weighted by Crippen LogP contribution is 2.22. The van der Waals surface area contributed by atoms with Gasteiger partial charge >= 0.3 is 0 Å². The summed E-state index contributed by atoms with van der Waals surface area (Å²) in [5, 5.41) is 23.8. The largest absolute Gasteiger partial charge is 0.446 e. The van der Waals surface area contributed by atoms with E-state index in [0.29, 0.717) is 32.2 Å². The second-order valence-electron chi connectivity index (χ2n) is 11.1. The molecule has 1 aliphatic rings. The minimum absolute atomic E-state index is 0.0884. The molecule has 1 aliphatic heterocycles. The van der Waals surface area contributed by atoms with E-state index in [1.807, 2.05) is 44.2 Å². The number of aliphatic hydroxyl groups excluding tert-OH is 1. The number of thiazole rings is 1. The van der Waals surface area contributed by atoms with Crippen LogP contribution >= 0.6 is 11.3 Å². The molecule has 5 N–H and O–H groups in total. The van der Waals surface area contributed by atoms with E-state index < -0.39 is 47.9 Å². The molecule has 4 rings (SSSR count). The van der Waals surface area contributed by atoms with Crippen molar-refractivity contribution in [1.82, 2.24) is 31.2 Å². The molecule has 2 aromatic heterocycles. The molecule has 12 nitrogen and oxygen atoms in total. The zero-order valence-corrected chi connectivity index (χ0v) is 25.3. The van der Waals surface area contributed by atoms with Crippen LogP contribution in [0.3, 0.4) is 0 Å². The summed E-state index contributed by atoms with van der Waals surface area (Å²) in [4.78, 5) is 61.3. The normalized spacial score (nSPS) is 21.0. The number of amides is 4. The number of carbonyl (C=O) groups is 4. The first kappa shape index (κ1) is 31.8. The van der Waals surface area contributed by atoms with Gasteiger partial charge in [-0.25, -0.2) is 9.97 Å². The Morgan fingerprint density at radius 2 is 1.86 bits per heavy atom. The van der Waals surface area contributed by atoms with Gasteiger partial charge in [-0.2, -0.15) is 0 Å². The van der Waals surface area contributed by atoms with Crippen molar-refractivity contribution in [2.45, 2.75) is 77.1 Å². The number of hydrogen-bond acceptors (Lipinski definition) is 9. The standard InChI is InChI=1S/C30H38N6O6S/c1-17(2)13-21-30-35-22(15-42-30)26(38)31-12-8-7-11-20(27(39)36-25(18(3)37)29(41)34-21)33-28(40)23-16-43-24(32-23)14-19-9-5-4-6-10-19/h4-6,9-10,15-18,20-21,25,37H,7-8,11-14H2,1-3H3,(H,31,38)(H,33,40)(H,34,41)(H,36,39)/t18-,20+,21+,25+/m1/s1. The molecule has 13 heteroatoms. The Morgan fingerprint density at radius 3 is 2.58 bits per heavy atom. The van der Waals surface area contributed by atoms with Crippen molar-refractivity contribution in [3.63, 3.8) is 0 Å². The molecule has 0 unspecified atom stereocenters. The van der Waals surface area contributed by atoms with Gasteiger partial charge in [0.1, 0.15) is 30.1 Å². The summed E-state index contributed by atoms with van der Waals surface area (Å²) in [6.45, 7) is 5.62. The Labute approximate surface area is 254 Å². The number of carbonyl (C=O) groups excluding carboxylic acids is 4. The van der Waals surface area contributed by atoms with Crippen molar-refractivity contribution in [3.8, 4) is 0 Å². The summed E-state index contributed by atoms with van der Waals surface area (Å²) in [6, 6.07) is 6.73. The molecule has 0 saturated heterocycles. The van der Waals surface area contributed by atoms with E-state index in [4.69, 9.17) is 4.42 Å². The van der Waals surface area contributed by atoms with Gasteiger partial charge in [0.25, 0.3) is 11.8 Å². The number of nitrogens with one attached hydrogen (secondary N) is 4. The van der Waals surface area contributed by atoms with E-state index in [0.717, 1.165) is 10.6 Å². The first-order chi connectivity index (χ1) is 20.6. The van der Waals surface area contributed by atoms with Crippen LogP contribution in [0.1, 0.15) is 89.9 Å². The number of aliphatic hydroxyl groups is 1. The van der Waals surface area contributed by atoms with Crippen LogP contribution < -0.4 is 21.3 Å². The smallest absolute Gasteiger partial charge is 0.273 e. The molecule has 0 radical (unpaired) electrons. The first-order valence-corrected chi connectivity index (χ1v) is 15.3. The molecule has 2 bridgehead atoms. The van der Waals surface area contributed by atoms with Gasteiger partial charge in [-0.15, -0.1) is 11.3 Å². The Morgan fingerprint density at radius 1 is 1.09 bits per heavy atom. The van der Waals surface area contributed by atoms with Gasteiger partial charge in [0.15, 0.2) is 5.69 Å². The predicted octanol–water partition coefficient (Wildman–Crippen LogP) is 2.50. The van der Waals surface area contributed by atoms with Crippen LogP contribution in [0.2, 0.25) is 0 Å². The van der Waals surface area contributed by atoms with E-state index in [9.17, 15) is 24.3 Å². The van der Waals surface area contributed by atoms with E-state index in [-0.39, 0.29) is 29.6 Å². The predicted molar refractivity (Wildman–Crippen MR) is 159 cm³/mol. The van der Waals surface area contributed by atoms with Crippen molar-refractivity contribution < 1.29 is 28.7 Å². The van der Waals surface area contributed by atoms with Gasteiger partial charge in [-0.3, -0.25) is 19.2 Å². The lowest BCUT2D eigenvalue weighted by Crippen LogP contribution is -2.57. The maximum Gasteiger partial charge on any atom is 0.273 e. The number of benzene rings is 1. The molecule has 3 aromatic rings. The van der Waals surface area contributed by atoms with Crippen LogP contribution in [0.15, 0.2) is 46.4 Å². The van der Waals surface area contributed by atoms with E-state index >= 15 is 0 Å². The second kappa shape index (κ2) is 14.9. The summed E-state index contributed by atoms with van der Waals surface area (Å²) in [6.07, 6.45) is 2.23. The lowest BCUT2D eigenvalue weighted by Gasteiger charge is -2.26. The van der Waals surface area contributed by atoms with Crippen molar-refractivity contribution >= 4 is 35.0 Å². The van der Waals surface area contributed by atoms with Gasteiger partial charge in [0, 0.05) is 18.3 Å². The van der Waals surface area contributed by atoms with Crippen LogP contribution in [0.4, 0.5) is 0 Å². The number of nitrogens with zero attached hydrogens (tertiary/aromatic N) is 2. The van der Waals surface area contributed by atoms with Crippen molar-refractivity contribution in [3.05, 3.63) is 69.8 Å². The summed E-state index contributed by atoms with van der Waals surface area (Å²) in [7, 11) is 0. The topological polar surface area (TPSA) is 176 Å². The highest BCUT2D eigenvalue weighted by Gasteiger charge is 2.33. The molecule has 43 heavy (non-hydrogen) atoms. The molecule has 0 spiro atoms. The minimum atomic E-state index is -1.32. The quantitative estimate of drug-likeness (QED) is 0.271. The van der Waals surface area contributed by atoms with Crippen LogP contribution in [0, 0.1) is 5.92 Å². The Kier molecular flexibility index (Phi) is 11.0. The fourth-order valence-corrected chi connectivity index (χ4v) is 5.51. The van der Waals surface area contributed by atoms with Crippen molar-refractivity contribution in [1.29, 1.82) is 0 Å². The van der Waals surface area contributed by atoms with Crippen molar-refractivity contribution in [2.24, 2.45) is 5.92 Å². The number of aromatic nitrogens is 2. The second-order valence-corrected chi connectivity index (χ2v) is 12.0. The van der Waals surface area contributed by atoms with Crippen molar-refractivity contribution in [2.75, 3.05) is 6.54 Å².